The van der Waals surface area contributed by atoms with E-state index in [2.05, 4.69) is 62.5 Å². The largest absolute Gasteiger partial charge is 0.361 e. The number of fused-ring (bicyclic) bond motifs is 1. The molecule has 1 fully saturated rings. The van der Waals surface area contributed by atoms with E-state index in [-0.39, 0.29) is 23.8 Å². The number of pyridine rings is 2. The average molecular weight is 446 g/mol. The number of aryl methyl sites for hydroxylation is 2. The van der Waals surface area contributed by atoms with E-state index in [4.69, 9.17) is 6.57 Å². The molecule has 0 N–H and O–H groups in total. The Morgan fingerprint density at radius 3 is 2.52 bits per heavy atom. The first-order valence-corrected chi connectivity index (χ1v) is 11.6. The summed E-state index contributed by atoms with van der Waals surface area (Å²) in [5, 5.41) is 0. The van der Waals surface area contributed by atoms with Crippen LogP contribution in [0.5, 0.6) is 0 Å². The smallest absolute Gasteiger partial charge is 0.350 e. The highest BCUT2D eigenvalue weighted by Crippen LogP contribution is 2.33. The van der Waals surface area contributed by atoms with E-state index in [1.807, 2.05) is 13.1 Å². The summed E-state index contributed by atoms with van der Waals surface area (Å²) in [6, 6.07) is 8.38. The van der Waals surface area contributed by atoms with Crippen LogP contribution in [-0.2, 0) is 7.05 Å². The molecule has 4 heterocycles. The Kier molecular flexibility index (Phi) is 6.43. The summed E-state index contributed by atoms with van der Waals surface area (Å²) >= 11 is 0. The monoisotopic (exact) mass is 445 g/mol. The Morgan fingerprint density at radius 2 is 1.88 bits per heavy atom. The van der Waals surface area contributed by atoms with Crippen LogP contribution in [0.4, 0.5) is 11.6 Å². The van der Waals surface area contributed by atoms with E-state index in [1.54, 1.807) is 19.2 Å². The molecular formula is C25H31N7O. The Bertz CT molecular complexity index is 1240. The molecule has 3 atom stereocenters. The Labute approximate surface area is 194 Å². The van der Waals surface area contributed by atoms with Crippen LogP contribution >= 0.6 is 0 Å². The summed E-state index contributed by atoms with van der Waals surface area (Å²) in [4.78, 5) is 34.5. The summed E-state index contributed by atoms with van der Waals surface area (Å²) in [6.07, 6.45) is 3.86. The zero-order valence-electron chi connectivity index (χ0n) is 20.0. The van der Waals surface area contributed by atoms with Gasteiger partial charge in [-0.15, -0.1) is 4.98 Å². The first-order chi connectivity index (χ1) is 15.9. The average Bonchev–Trinajstić information content (AvgIpc) is 2.85. The molecule has 1 aliphatic rings. The third kappa shape index (κ3) is 4.21. The molecule has 172 valence electrons. The SMILES string of the molecule is [C-]#[N+]c1ccc2c(n1)c(N1C[C@@H](CC)N(C(C)c3ccc(C)nc3)C[C@@H]1CC)nc(=O)n2C. The van der Waals surface area contributed by atoms with E-state index in [9.17, 15) is 4.79 Å². The number of nitrogens with zero attached hydrogens (tertiary/aromatic N) is 7. The second-order valence-corrected chi connectivity index (χ2v) is 8.81. The summed E-state index contributed by atoms with van der Waals surface area (Å²) in [7, 11) is 1.70. The van der Waals surface area contributed by atoms with Gasteiger partial charge in [0, 0.05) is 50.2 Å². The van der Waals surface area contributed by atoms with Crippen molar-refractivity contribution in [1.82, 2.24) is 24.4 Å². The van der Waals surface area contributed by atoms with Crippen molar-refractivity contribution in [3.63, 3.8) is 0 Å². The van der Waals surface area contributed by atoms with Gasteiger partial charge in [0.1, 0.15) is 0 Å². The van der Waals surface area contributed by atoms with Crippen molar-refractivity contribution < 1.29 is 0 Å². The molecule has 3 aromatic rings. The molecule has 8 heteroatoms. The molecule has 0 saturated carbocycles. The minimum absolute atomic E-state index is 0.176. The van der Waals surface area contributed by atoms with Gasteiger partial charge < -0.3 is 9.74 Å². The molecule has 0 aromatic carbocycles. The van der Waals surface area contributed by atoms with Crippen molar-refractivity contribution in [2.75, 3.05) is 18.0 Å². The van der Waals surface area contributed by atoms with Gasteiger partial charge in [-0.05, 0) is 50.5 Å². The highest BCUT2D eigenvalue weighted by Gasteiger charge is 2.37. The molecule has 0 bridgehead atoms. The molecule has 1 aliphatic heterocycles. The number of rotatable bonds is 5. The van der Waals surface area contributed by atoms with Crippen LogP contribution < -0.4 is 10.6 Å². The van der Waals surface area contributed by atoms with Gasteiger partial charge in [0.05, 0.1) is 5.52 Å². The van der Waals surface area contributed by atoms with Crippen LogP contribution in [0, 0.1) is 13.5 Å². The zero-order chi connectivity index (χ0) is 23.7. The maximum Gasteiger partial charge on any atom is 0.350 e. The minimum atomic E-state index is -0.306. The fourth-order valence-corrected chi connectivity index (χ4v) is 4.80. The number of hydrogen-bond donors (Lipinski definition) is 0. The number of aromatic nitrogens is 4. The maximum atomic E-state index is 12.7. The van der Waals surface area contributed by atoms with Crippen LogP contribution in [-0.4, -0.2) is 49.6 Å². The second-order valence-electron chi connectivity index (χ2n) is 8.81. The van der Waals surface area contributed by atoms with Crippen LogP contribution in [0.1, 0.15) is 50.9 Å². The molecule has 1 saturated heterocycles. The quantitative estimate of drug-likeness (QED) is 0.553. The van der Waals surface area contributed by atoms with Crippen LogP contribution in [0.15, 0.2) is 35.3 Å². The van der Waals surface area contributed by atoms with Crippen molar-refractivity contribution in [3.05, 3.63) is 63.6 Å². The lowest BCUT2D eigenvalue weighted by molar-refractivity contribution is 0.101. The Hall–Kier alpha value is -3.31. The molecular weight excluding hydrogens is 414 g/mol. The lowest BCUT2D eigenvalue weighted by Gasteiger charge is -2.48. The molecule has 0 radical (unpaired) electrons. The molecule has 1 unspecified atom stereocenters. The highest BCUT2D eigenvalue weighted by atomic mass is 16.1. The molecule has 0 amide bonds. The molecule has 0 aliphatic carbocycles. The van der Waals surface area contributed by atoms with Crippen molar-refractivity contribution in [2.45, 2.75) is 58.7 Å². The standard InChI is InChI=1S/C25H31N7O/c1-7-19-15-32(20(8-2)14-31(19)17(4)18-10-9-16(3)27-13-18)24-23-21(30(6)25(33)29-24)11-12-22(26-5)28-23/h9-13,17,19-20H,7-8,14-15H2,1-4,6H3/t17?,19-,20+/m1/s1. The first-order valence-electron chi connectivity index (χ1n) is 11.6. The van der Waals surface area contributed by atoms with Crippen molar-refractivity contribution in [1.29, 1.82) is 0 Å². The van der Waals surface area contributed by atoms with Crippen LogP contribution in [0.25, 0.3) is 15.9 Å². The van der Waals surface area contributed by atoms with E-state index in [0.29, 0.717) is 22.7 Å². The van der Waals surface area contributed by atoms with Gasteiger partial charge in [-0.1, -0.05) is 26.5 Å². The van der Waals surface area contributed by atoms with E-state index in [0.717, 1.165) is 31.6 Å². The number of anilines is 1. The van der Waals surface area contributed by atoms with Crippen LogP contribution in [0.2, 0.25) is 0 Å². The van der Waals surface area contributed by atoms with E-state index >= 15 is 0 Å². The Morgan fingerprint density at radius 1 is 1.12 bits per heavy atom. The van der Waals surface area contributed by atoms with E-state index in [1.165, 1.54) is 10.1 Å². The van der Waals surface area contributed by atoms with Crippen LogP contribution in [0.3, 0.4) is 0 Å². The third-order valence-corrected chi connectivity index (χ3v) is 6.90. The van der Waals surface area contributed by atoms with Gasteiger partial charge in [0.25, 0.3) is 5.82 Å². The highest BCUT2D eigenvalue weighted by molar-refractivity contribution is 5.87. The number of piperazine rings is 1. The van der Waals surface area contributed by atoms with Gasteiger partial charge in [-0.2, -0.15) is 4.98 Å². The van der Waals surface area contributed by atoms with Gasteiger partial charge in [0.15, 0.2) is 5.82 Å². The van der Waals surface area contributed by atoms with Crippen molar-refractivity contribution in [2.24, 2.45) is 7.05 Å². The molecule has 8 nitrogen and oxygen atoms in total. The van der Waals surface area contributed by atoms with Crippen molar-refractivity contribution in [3.8, 4) is 0 Å². The molecule has 3 aromatic heterocycles. The van der Waals surface area contributed by atoms with Gasteiger partial charge in [-0.3, -0.25) is 14.5 Å². The lowest BCUT2D eigenvalue weighted by Crippen LogP contribution is -2.59. The summed E-state index contributed by atoms with van der Waals surface area (Å²) in [5.74, 6) is 0.900. The predicted molar refractivity (Wildman–Crippen MR) is 131 cm³/mol. The molecule has 4 rings (SSSR count). The maximum absolute atomic E-state index is 12.7. The van der Waals surface area contributed by atoms with Gasteiger partial charge in [0.2, 0.25) is 5.52 Å². The molecule has 0 spiro atoms. The normalized spacial score (nSPS) is 20.1. The fourth-order valence-electron chi connectivity index (χ4n) is 4.80. The summed E-state index contributed by atoms with van der Waals surface area (Å²) in [5.41, 5.74) is 3.23. The second kappa shape index (κ2) is 9.28. The molecule has 33 heavy (non-hydrogen) atoms. The van der Waals surface area contributed by atoms with Crippen molar-refractivity contribution >= 4 is 22.7 Å². The fraction of sp³-hybridized carbons (Fsp3) is 0.480. The first kappa shape index (κ1) is 22.9. The predicted octanol–water partition coefficient (Wildman–Crippen LogP) is 4.02. The summed E-state index contributed by atoms with van der Waals surface area (Å²) in [6.45, 7) is 17.6. The van der Waals surface area contributed by atoms with Gasteiger partial charge in [-0.25, -0.2) is 4.79 Å². The Balaban J connectivity index is 1.75. The topological polar surface area (TPSA) is 71.5 Å². The summed E-state index contributed by atoms with van der Waals surface area (Å²) < 4.78 is 1.50. The lowest BCUT2D eigenvalue weighted by atomic mass is 9.97. The minimum Gasteiger partial charge on any atom is -0.361 e. The number of hydrogen-bond acceptors (Lipinski definition) is 6. The zero-order valence-corrected chi connectivity index (χ0v) is 20.0. The van der Waals surface area contributed by atoms with E-state index < -0.39 is 0 Å². The van der Waals surface area contributed by atoms with Gasteiger partial charge >= 0.3 is 5.69 Å². The third-order valence-electron chi connectivity index (χ3n) is 6.90.